The molecule has 1 nitrogen and oxygen atoms in total. The first kappa shape index (κ1) is 18.0. The molecule has 26 heavy (non-hydrogen) atoms. The van der Waals surface area contributed by atoms with Crippen molar-refractivity contribution in [2.45, 2.75) is 24.6 Å². The number of hydrogen-bond donors (Lipinski definition) is 1. The number of fused-ring (bicyclic) bond motifs is 3. The second-order valence-corrected chi connectivity index (χ2v) is 7.69. The zero-order valence-corrected chi connectivity index (χ0v) is 15.5. The van der Waals surface area contributed by atoms with Crippen LogP contribution >= 0.6 is 34.8 Å². The van der Waals surface area contributed by atoms with Crippen LogP contribution in [0, 0.1) is 5.92 Å². The minimum absolute atomic E-state index is 0.0990. The smallest absolute Gasteiger partial charge is 0.376 e. The zero-order valence-electron chi connectivity index (χ0n) is 13.2. The largest absolute Gasteiger partial charge is 0.416 e. The molecule has 0 bridgehead atoms. The van der Waals surface area contributed by atoms with E-state index < -0.39 is 11.7 Å². The van der Waals surface area contributed by atoms with Crippen molar-refractivity contribution < 1.29 is 13.2 Å². The number of hydrogen-bond acceptors (Lipinski definition) is 1. The van der Waals surface area contributed by atoms with Gasteiger partial charge in [0.25, 0.3) is 0 Å². The van der Waals surface area contributed by atoms with Crippen molar-refractivity contribution in [3.63, 3.8) is 0 Å². The Hall–Kier alpha value is -1.36. The molecule has 2 aromatic carbocycles. The summed E-state index contributed by atoms with van der Waals surface area (Å²) in [5.41, 5.74) is 0.632. The highest BCUT2D eigenvalue weighted by Gasteiger charge is 2.45. The van der Waals surface area contributed by atoms with Gasteiger partial charge in [-0.3, -0.25) is 0 Å². The summed E-state index contributed by atoms with van der Waals surface area (Å²) in [7, 11) is 0. The third kappa shape index (κ3) is 2.79. The molecule has 0 spiro atoms. The van der Waals surface area contributed by atoms with Crippen LogP contribution in [0.2, 0.25) is 15.1 Å². The van der Waals surface area contributed by atoms with E-state index >= 15 is 0 Å². The number of allylic oxidation sites excluding steroid dienone is 2. The standard InChI is InChI=1S/C19H13Cl3F3N/c20-13-6-2-5-11(16(13)22)17-10-4-1-3-9(10)15-12(19(23,24)25)7-8-14(21)18(15)26-17/h1-3,5-10,17,26H,4H2/t9-,10+,17+/m1/s1. The third-order valence-electron chi connectivity index (χ3n) is 5.09. The van der Waals surface area contributed by atoms with Gasteiger partial charge < -0.3 is 5.32 Å². The van der Waals surface area contributed by atoms with Crippen molar-refractivity contribution in [3.05, 3.63) is 74.2 Å². The Morgan fingerprint density at radius 1 is 1.00 bits per heavy atom. The number of alkyl halides is 3. The number of halogens is 6. The van der Waals surface area contributed by atoms with E-state index in [-0.39, 0.29) is 28.5 Å². The fraction of sp³-hybridized carbons (Fsp3) is 0.263. The number of nitrogens with one attached hydrogen (secondary N) is 1. The Morgan fingerprint density at radius 3 is 2.50 bits per heavy atom. The lowest BCUT2D eigenvalue weighted by atomic mass is 9.75. The molecule has 1 N–H and O–H groups in total. The Morgan fingerprint density at radius 2 is 1.77 bits per heavy atom. The van der Waals surface area contributed by atoms with Gasteiger partial charge in [-0.05, 0) is 41.7 Å². The highest BCUT2D eigenvalue weighted by Crippen LogP contribution is 2.55. The minimum Gasteiger partial charge on any atom is -0.376 e. The van der Waals surface area contributed by atoms with Gasteiger partial charge in [0, 0.05) is 5.92 Å². The lowest BCUT2D eigenvalue weighted by Crippen LogP contribution is -2.31. The average Bonchev–Trinajstić information content (AvgIpc) is 3.06. The van der Waals surface area contributed by atoms with Crippen molar-refractivity contribution in [1.82, 2.24) is 0 Å². The highest BCUT2D eigenvalue weighted by molar-refractivity contribution is 6.42. The van der Waals surface area contributed by atoms with Crippen molar-refractivity contribution in [2.24, 2.45) is 5.92 Å². The van der Waals surface area contributed by atoms with Gasteiger partial charge in [0.2, 0.25) is 0 Å². The molecule has 0 fully saturated rings. The van der Waals surface area contributed by atoms with Crippen LogP contribution in [0.5, 0.6) is 0 Å². The molecule has 0 saturated carbocycles. The minimum atomic E-state index is -4.45. The average molecular weight is 419 g/mol. The van der Waals surface area contributed by atoms with Crippen LogP contribution in [0.3, 0.4) is 0 Å². The molecule has 2 aliphatic rings. The number of anilines is 1. The molecule has 0 saturated heterocycles. The Kier molecular flexibility index (Phi) is 4.41. The van der Waals surface area contributed by atoms with Gasteiger partial charge in [0.15, 0.2) is 0 Å². The van der Waals surface area contributed by atoms with E-state index in [4.69, 9.17) is 34.8 Å². The third-order valence-corrected chi connectivity index (χ3v) is 6.24. The Balaban J connectivity index is 1.91. The summed E-state index contributed by atoms with van der Waals surface area (Å²) in [6, 6.07) is 7.36. The van der Waals surface area contributed by atoms with Crippen LogP contribution < -0.4 is 5.32 Å². The lowest BCUT2D eigenvalue weighted by molar-refractivity contribution is -0.138. The summed E-state index contributed by atoms with van der Waals surface area (Å²) in [4.78, 5) is 0. The molecule has 1 heterocycles. The van der Waals surface area contributed by atoms with Crippen molar-refractivity contribution >= 4 is 40.5 Å². The molecule has 0 amide bonds. The van der Waals surface area contributed by atoms with E-state index in [2.05, 4.69) is 5.32 Å². The van der Waals surface area contributed by atoms with E-state index in [1.165, 1.54) is 6.07 Å². The number of benzene rings is 2. The van der Waals surface area contributed by atoms with Crippen molar-refractivity contribution in [3.8, 4) is 0 Å². The molecule has 1 aliphatic heterocycles. The molecular weight excluding hydrogens is 406 g/mol. The monoisotopic (exact) mass is 417 g/mol. The quantitative estimate of drug-likeness (QED) is 0.473. The molecule has 0 unspecified atom stereocenters. The summed E-state index contributed by atoms with van der Waals surface area (Å²) in [5.74, 6) is -0.486. The SMILES string of the molecule is FC(F)(F)c1ccc(Cl)c2c1[C@@H]1C=CC[C@@H]1[C@@H](c1cccc(Cl)c1Cl)N2. The maximum absolute atomic E-state index is 13.6. The van der Waals surface area contributed by atoms with E-state index in [0.717, 1.165) is 11.6 Å². The van der Waals surface area contributed by atoms with Crippen LogP contribution in [-0.4, -0.2) is 0 Å². The van der Waals surface area contributed by atoms with E-state index in [1.807, 2.05) is 18.2 Å². The normalized spacial score (nSPS) is 24.2. The Labute approximate surface area is 163 Å². The number of rotatable bonds is 1. The molecular formula is C19H13Cl3F3N. The second kappa shape index (κ2) is 6.36. The Bertz CT molecular complexity index is 908. The molecule has 2 aromatic rings. The van der Waals surface area contributed by atoms with Crippen LogP contribution in [0.4, 0.5) is 18.9 Å². The van der Waals surface area contributed by atoms with Crippen LogP contribution in [0.1, 0.15) is 35.1 Å². The van der Waals surface area contributed by atoms with Crippen molar-refractivity contribution in [2.75, 3.05) is 5.32 Å². The predicted molar refractivity (Wildman–Crippen MR) is 99.3 cm³/mol. The van der Waals surface area contributed by atoms with Gasteiger partial charge >= 0.3 is 6.18 Å². The first-order valence-corrected chi connectivity index (χ1v) is 9.19. The van der Waals surface area contributed by atoms with Gasteiger partial charge in [-0.1, -0.05) is 59.1 Å². The summed E-state index contributed by atoms with van der Waals surface area (Å²) in [5, 5.41) is 4.30. The highest BCUT2D eigenvalue weighted by atomic mass is 35.5. The lowest BCUT2D eigenvalue weighted by Gasteiger charge is -2.39. The first-order chi connectivity index (χ1) is 12.3. The molecule has 0 radical (unpaired) electrons. The second-order valence-electron chi connectivity index (χ2n) is 6.50. The fourth-order valence-corrected chi connectivity index (χ4v) is 4.63. The van der Waals surface area contributed by atoms with E-state index in [1.54, 1.807) is 12.1 Å². The van der Waals surface area contributed by atoms with Crippen LogP contribution in [0.25, 0.3) is 0 Å². The van der Waals surface area contributed by atoms with Crippen molar-refractivity contribution in [1.29, 1.82) is 0 Å². The van der Waals surface area contributed by atoms with E-state index in [0.29, 0.717) is 22.2 Å². The van der Waals surface area contributed by atoms with Crippen LogP contribution in [-0.2, 0) is 6.18 Å². The van der Waals surface area contributed by atoms with Gasteiger partial charge in [0.1, 0.15) is 0 Å². The zero-order chi connectivity index (χ0) is 18.6. The van der Waals surface area contributed by atoms with E-state index in [9.17, 15) is 13.2 Å². The molecule has 1 aliphatic carbocycles. The maximum Gasteiger partial charge on any atom is 0.416 e. The van der Waals surface area contributed by atoms with Gasteiger partial charge in [-0.15, -0.1) is 0 Å². The molecule has 0 aromatic heterocycles. The molecule has 4 rings (SSSR count). The summed E-state index contributed by atoms with van der Waals surface area (Å²) in [6.07, 6.45) is -0.0493. The summed E-state index contributed by atoms with van der Waals surface area (Å²) in [6.45, 7) is 0. The fourth-order valence-electron chi connectivity index (χ4n) is 3.99. The summed E-state index contributed by atoms with van der Waals surface area (Å²) < 4.78 is 40.7. The van der Waals surface area contributed by atoms with Gasteiger partial charge in [-0.25, -0.2) is 0 Å². The molecule has 7 heteroatoms. The topological polar surface area (TPSA) is 12.0 Å². The predicted octanol–water partition coefficient (Wildman–Crippen LogP) is 7.49. The molecule has 136 valence electrons. The van der Waals surface area contributed by atoms with Gasteiger partial charge in [-0.2, -0.15) is 13.2 Å². The molecule has 3 atom stereocenters. The maximum atomic E-state index is 13.6. The first-order valence-electron chi connectivity index (χ1n) is 8.05. The summed E-state index contributed by atoms with van der Waals surface area (Å²) >= 11 is 18.8. The van der Waals surface area contributed by atoms with Gasteiger partial charge in [0.05, 0.1) is 32.4 Å². The van der Waals surface area contributed by atoms with Crippen LogP contribution in [0.15, 0.2) is 42.5 Å².